The number of thioether (sulfide) groups is 1. The monoisotopic (exact) mass is 203 g/mol. The van der Waals surface area contributed by atoms with E-state index in [4.69, 9.17) is 5.73 Å². The van der Waals surface area contributed by atoms with Gasteiger partial charge in [0.1, 0.15) is 0 Å². The van der Waals surface area contributed by atoms with Crippen molar-refractivity contribution in [3.8, 4) is 0 Å². The maximum Gasteiger partial charge on any atom is 0.00160 e. The fourth-order valence-electron chi connectivity index (χ4n) is 1.06. The summed E-state index contributed by atoms with van der Waals surface area (Å²) in [6, 6.07) is 0. The molecule has 1 nitrogen and oxygen atoms in total. The van der Waals surface area contributed by atoms with Crippen molar-refractivity contribution in [2.24, 2.45) is 11.1 Å². The minimum absolute atomic E-state index is 0.343. The SMILES string of the molecule is CCC(C)SCCCC(C)(C)CN. The molecule has 1 atom stereocenters. The van der Waals surface area contributed by atoms with Crippen LogP contribution in [0.1, 0.15) is 47.0 Å². The molecule has 0 fully saturated rings. The highest BCUT2D eigenvalue weighted by Crippen LogP contribution is 2.23. The molecule has 80 valence electrons. The van der Waals surface area contributed by atoms with E-state index in [9.17, 15) is 0 Å². The van der Waals surface area contributed by atoms with Gasteiger partial charge < -0.3 is 5.73 Å². The molecule has 0 saturated carbocycles. The van der Waals surface area contributed by atoms with E-state index in [2.05, 4.69) is 39.5 Å². The van der Waals surface area contributed by atoms with Crippen molar-refractivity contribution in [2.75, 3.05) is 12.3 Å². The zero-order valence-electron chi connectivity index (χ0n) is 9.60. The van der Waals surface area contributed by atoms with Crippen molar-refractivity contribution in [3.63, 3.8) is 0 Å². The predicted octanol–water partition coefficient (Wildman–Crippen LogP) is 3.28. The molecule has 0 heterocycles. The summed E-state index contributed by atoms with van der Waals surface area (Å²) in [4.78, 5) is 0. The number of nitrogens with two attached hydrogens (primary N) is 1. The maximum atomic E-state index is 5.67. The summed E-state index contributed by atoms with van der Waals surface area (Å²) >= 11 is 2.09. The van der Waals surface area contributed by atoms with Gasteiger partial charge in [-0.05, 0) is 37.0 Å². The summed E-state index contributed by atoms with van der Waals surface area (Å²) in [7, 11) is 0. The average Bonchev–Trinajstić information content (AvgIpc) is 2.12. The second-order valence-corrected chi connectivity index (χ2v) is 6.11. The summed E-state index contributed by atoms with van der Waals surface area (Å²) in [5.41, 5.74) is 6.01. The van der Waals surface area contributed by atoms with Crippen molar-refractivity contribution < 1.29 is 0 Å². The lowest BCUT2D eigenvalue weighted by Crippen LogP contribution is -2.23. The first-order chi connectivity index (χ1) is 6.02. The van der Waals surface area contributed by atoms with Crippen LogP contribution in [0.3, 0.4) is 0 Å². The van der Waals surface area contributed by atoms with Gasteiger partial charge in [-0.3, -0.25) is 0 Å². The van der Waals surface area contributed by atoms with Gasteiger partial charge in [-0.2, -0.15) is 11.8 Å². The van der Waals surface area contributed by atoms with Gasteiger partial charge in [-0.1, -0.05) is 27.7 Å². The zero-order valence-corrected chi connectivity index (χ0v) is 10.4. The van der Waals surface area contributed by atoms with Crippen LogP contribution in [-0.2, 0) is 0 Å². The third-order valence-corrected chi connectivity index (χ3v) is 3.95. The molecule has 0 saturated heterocycles. The van der Waals surface area contributed by atoms with Gasteiger partial charge in [0.05, 0.1) is 0 Å². The van der Waals surface area contributed by atoms with Crippen LogP contribution in [0, 0.1) is 5.41 Å². The Hall–Kier alpha value is 0.310. The molecule has 0 radical (unpaired) electrons. The molecule has 2 N–H and O–H groups in total. The fourth-order valence-corrected chi connectivity index (χ4v) is 2.00. The van der Waals surface area contributed by atoms with Gasteiger partial charge in [0, 0.05) is 5.25 Å². The Morgan fingerprint density at radius 3 is 2.46 bits per heavy atom. The van der Waals surface area contributed by atoms with Crippen molar-refractivity contribution in [2.45, 2.75) is 52.2 Å². The summed E-state index contributed by atoms with van der Waals surface area (Å²) in [5, 5.41) is 0.820. The summed E-state index contributed by atoms with van der Waals surface area (Å²) in [6.45, 7) is 9.86. The van der Waals surface area contributed by atoms with E-state index in [-0.39, 0.29) is 0 Å². The Kier molecular flexibility index (Phi) is 6.88. The Bertz CT molecular complexity index is 123. The largest absolute Gasteiger partial charge is 0.330 e. The van der Waals surface area contributed by atoms with Gasteiger partial charge in [0.25, 0.3) is 0 Å². The molecule has 0 aliphatic carbocycles. The molecule has 0 aromatic heterocycles. The highest BCUT2D eigenvalue weighted by molar-refractivity contribution is 7.99. The van der Waals surface area contributed by atoms with E-state index in [1.807, 2.05) is 0 Å². The lowest BCUT2D eigenvalue weighted by molar-refractivity contribution is 0.345. The van der Waals surface area contributed by atoms with Crippen LogP contribution in [0.4, 0.5) is 0 Å². The quantitative estimate of drug-likeness (QED) is 0.643. The van der Waals surface area contributed by atoms with E-state index >= 15 is 0 Å². The van der Waals surface area contributed by atoms with E-state index in [1.54, 1.807) is 0 Å². The topological polar surface area (TPSA) is 26.0 Å². The molecular formula is C11H25NS. The van der Waals surface area contributed by atoms with E-state index in [0.717, 1.165) is 11.8 Å². The lowest BCUT2D eigenvalue weighted by atomic mass is 9.88. The second kappa shape index (κ2) is 6.72. The molecule has 0 bridgehead atoms. The highest BCUT2D eigenvalue weighted by atomic mass is 32.2. The Labute approximate surface area is 87.9 Å². The molecule has 0 aromatic carbocycles. The molecule has 13 heavy (non-hydrogen) atoms. The molecule has 2 heteroatoms. The van der Waals surface area contributed by atoms with Crippen LogP contribution < -0.4 is 5.73 Å². The van der Waals surface area contributed by atoms with E-state index in [1.165, 1.54) is 25.0 Å². The molecule has 0 aliphatic rings. The molecule has 0 aromatic rings. The third kappa shape index (κ3) is 7.39. The first-order valence-corrected chi connectivity index (χ1v) is 6.38. The summed E-state index contributed by atoms with van der Waals surface area (Å²) in [5.74, 6) is 1.29. The van der Waals surface area contributed by atoms with Gasteiger partial charge >= 0.3 is 0 Å². The lowest BCUT2D eigenvalue weighted by Gasteiger charge is -2.22. The van der Waals surface area contributed by atoms with Crippen LogP contribution in [0.2, 0.25) is 0 Å². The average molecular weight is 203 g/mol. The maximum absolute atomic E-state index is 5.67. The van der Waals surface area contributed by atoms with Crippen molar-refractivity contribution in [1.82, 2.24) is 0 Å². The summed E-state index contributed by atoms with van der Waals surface area (Å²) < 4.78 is 0. The number of rotatable bonds is 7. The Morgan fingerprint density at radius 1 is 1.38 bits per heavy atom. The molecular weight excluding hydrogens is 178 g/mol. The second-order valence-electron chi connectivity index (χ2n) is 4.56. The zero-order chi connectivity index (χ0) is 10.3. The number of hydrogen-bond donors (Lipinski definition) is 1. The molecule has 0 aliphatic heterocycles. The van der Waals surface area contributed by atoms with Crippen LogP contribution in [0.5, 0.6) is 0 Å². The normalized spacial score (nSPS) is 14.5. The van der Waals surface area contributed by atoms with E-state index in [0.29, 0.717) is 5.41 Å². The molecule has 0 amide bonds. The van der Waals surface area contributed by atoms with Gasteiger partial charge in [0.2, 0.25) is 0 Å². The summed E-state index contributed by atoms with van der Waals surface area (Å²) in [6.07, 6.45) is 3.84. The molecule has 0 rings (SSSR count). The van der Waals surface area contributed by atoms with Gasteiger partial charge in [-0.25, -0.2) is 0 Å². The predicted molar refractivity (Wildman–Crippen MR) is 64.3 cm³/mol. The first kappa shape index (κ1) is 13.3. The van der Waals surface area contributed by atoms with Gasteiger partial charge in [-0.15, -0.1) is 0 Å². The minimum Gasteiger partial charge on any atom is -0.330 e. The van der Waals surface area contributed by atoms with Crippen LogP contribution in [-0.4, -0.2) is 17.5 Å². The van der Waals surface area contributed by atoms with Crippen LogP contribution in [0.25, 0.3) is 0 Å². The first-order valence-electron chi connectivity index (χ1n) is 5.33. The van der Waals surface area contributed by atoms with Gasteiger partial charge in [0.15, 0.2) is 0 Å². The van der Waals surface area contributed by atoms with Crippen molar-refractivity contribution in [1.29, 1.82) is 0 Å². The van der Waals surface area contributed by atoms with Crippen LogP contribution in [0.15, 0.2) is 0 Å². The Balaban J connectivity index is 3.35. The van der Waals surface area contributed by atoms with Crippen molar-refractivity contribution >= 4 is 11.8 Å². The number of hydrogen-bond acceptors (Lipinski definition) is 2. The standard InChI is InChI=1S/C11H25NS/c1-5-10(2)13-8-6-7-11(3,4)9-12/h10H,5-9,12H2,1-4H3. The Morgan fingerprint density at radius 2 is 2.00 bits per heavy atom. The van der Waals surface area contributed by atoms with Crippen molar-refractivity contribution in [3.05, 3.63) is 0 Å². The highest BCUT2D eigenvalue weighted by Gasteiger charge is 2.14. The minimum atomic E-state index is 0.343. The smallest absolute Gasteiger partial charge is 0.00160 e. The van der Waals surface area contributed by atoms with Crippen LogP contribution >= 0.6 is 11.8 Å². The molecule has 1 unspecified atom stereocenters. The fraction of sp³-hybridized carbons (Fsp3) is 1.00. The third-order valence-electron chi connectivity index (χ3n) is 2.53. The molecule has 0 spiro atoms. The van der Waals surface area contributed by atoms with E-state index < -0.39 is 0 Å².